The van der Waals surface area contributed by atoms with Crippen molar-refractivity contribution >= 4 is 40.2 Å². The van der Waals surface area contributed by atoms with E-state index in [9.17, 15) is 9.59 Å². The molecule has 0 saturated carbocycles. The molecular formula is C25H22ClN3O2S. The van der Waals surface area contributed by atoms with Gasteiger partial charge in [0.1, 0.15) is 0 Å². The van der Waals surface area contributed by atoms with Gasteiger partial charge in [0.05, 0.1) is 23.2 Å². The predicted octanol–water partition coefficient (Wildman–Crippen LogP) is 4.55. The summed E-state index contributed by atoms with van der Waals surface area (Å²) in [7, 11) is 0. The maximum Gasteiger partial charge on any atom is 0.262 e. The maximum atomic E-state index is 13.2. The molecule has 5 nitrogen and oxygen atoms in total. The van der Waals surface area contributed by atoms with Crippen LogP contribution >= 0.6 is 23.4 Å². The fraction of sp³-hybridized carbons (Fsp3) is 0.160. The first kappa shape index (κ1) is 22.1. The van der Waals surface area contributed by atoms with E-state index in [-0.39, 0.29) is 17.2 Å². The summed E-state index contributed by atoms with van der Waals surface area (Å²) in [6.45, 7) is 0.935. The minimum absolute atomic E-state index is 0.0994. The molecule has 0 spiro atoms. The van der Waals surface area contributed by atoms with Crippen LogP contribution in [0.4, 0.5) is 0 Å². The monoisotopic (exact) mass is 463 g/mol. The van der Waals surface area contributed by atoms with Crippen LogP contribution in [0, 0.1) is 0 Å². The van der Waals surface area contributed by atoms with E-state index >= 15 is 0 Å². The number of nitrogens with zero attached hydrogens (tertiary/aromatic N) is 2. The first-order valence-corrected chi connectivity index (χ1v) is 11.6. The smallest absolute Gasteiger partial charge is 0.262 e. The molecular weight excluding hydrogens is 442 g/mol. The molecule has 1 N–H and O–H groups in total. The Balaban J connectivity index is 1.51. The third kappa shape index (κ3) is 5.58. The van der Waals surface area contributed by atoms with Crippen LogP contribution in [0.3, 0.4) is 0 Å². The number of amides is 1. The van der Waals surface area contributed by atoms with Crippen molar-refractivity contribution in [3.63, 3.8) is 0 Å². The standard InChI is InChI=1S/C25H22ClN3O2S/c26-20-11-12-21-22(15-20)28-25(29(24(21)31)16-19-9-5-2-6-10-19)32-17-23(30)27-14-13-18-7-3-1-4-8-18/h1-12,15H,13-14,16-17H2,(H,27,30). The minimum Gasteiger partial charge on any atom is -0.355 e. The summed E-state index contributed by atoms with van der Waals surface area (Å²) in [5.41, 5.74) is 2.53. The van der Waals surface area contributed by atoms with E-state index in [1.807, 2.05) is 60.7 Å². The Morgan fingerprint density at radius 3 is 2.38 bits per heavy atom. The van der Waals surface area contributed by atoms with E-state index in [1.165, 1.54) is 17.3 Å². The Hall–Kier alpha value is -3.09. The van der Waals surface area contributed by atoms with Gasteiger partial charge in [-0.3, -0.25) is 14.2 Å². The molecule has 32 heavy (non-hydrogen) atoms. The molecule has 3 aromatic carbocycles. The average molecular weight is 464 g/mol. The number of hydrogen-bond donors (Lipinski definition) is 1. The van der Waals surface area contributed by atoms with Gasteiger partial charge in [0, 0.05) is 11.6 Å². The van der Waals surface area contributed by atoms with E-state index in [2.05, 4.69) is 10.3 Å². The van der Waals surface area contributed by atoms with Crippen molar-refractivity contribution < 1.29 is 4.79 Å². The van der Waals surface area contributed by atoms with Crippen LogP contribution in [0.5, 0.6) is 0 Å². The van der Waals surface area contributed by atoms with E-state index in [0.29, 0.717) is 34.2 Å². The molecule has 0 atom stereocenters. The Bertz CT molecular complexity index is 1280. The summed E-state index contributed by atoms with van der Waals surface area (Å²) in [5.74, 6) is 0.0693. The van der Waals surface area contributed by atoms with E-state index in [1.54, 1.807) is 22.8 Å². The summed E-state index contributed by atoms with van der Waals surface area (Å²) >= 11 is 7.36. The molecule has 162 valence electrons. The number of hydrogen-bond acceptors (Lipinski definition) is 4. The van der Waals surface area contributed by atoms with Gasteiger partial charge < -0.3 is 5.32 Å². The molecule has 1 aromatic heterocycles. The van der Waals surface area contributed by atoms with E-state index in [4.69, 9.17) is 11.6 Å². The lowest BCUT2D eigenvalue weighted by atomic mass is 10.1. The number of carbonyl (C=O) groups is 1. The molecule has 7 heteroatoms. The lowest BCUT2D eigenvalue weighted by Crippen LogP contribution is -2.28. The normalized spacial score (nSPS) is 10.9. The second kappa shape index (κ2) is 10.5. The van der Waals surface area contributed by atoms with Gasteiger partial charge in [0.2, 0.25) is 5.91 Å². The Morgan fingerprint density at radius 2 is 1.66 bits per heavy atom. The number of aromatic nitrogens is 2. The van der Waals surface area contributed by atoms with Gasteiger partial charge in [0.25, 0.3) is 5.56 Å². The highest BCUT2D eigenvalue weighted by atomic mass is 35.5. The number of halogens is 1. The van der Waals surface area contributed by atoms with Crippen molar-refractivity contribution in [2.24, 2.45) is 0 Å². The zero-order chi connectivity index (χ0) is 22.3. The molecule has 0 aliphatic rings. The summed E-state index contributed by atoms with van der Waals surface area (Å²) in [6, 6.07) is 24.8. The van der Waals surface area contributed by atoms with Crippen LogP contribution in [-0.4, -0.2) is 27.8 Å². The van der Waals surface area contributed by atoms with Gasteiger partial charge in [-0.2, -0.15) is 0 Å². The van der Waals surface area contributed by atoms with Crippen molar-refractivity contribution in [3.05, 3.63) is 105 Å². The number of benzene rings is 3. The fourth-order valence-corrected chi connectivity index (χ4v) is 4.36. The summed E-state index contributed by atoms with van der Waals surface area (Å²) in [6.07, 6.45) is 0.767. The van der Waals surface area contributed by atoms with Gasteiger partial charge >= 0.3 is 0 Å². The van der Waals surface area contributed by atoms with Crippen molar-refractivity contribution in [1.82, 2.24) is 14.9 Å². The van der Waals surface area contributed by atoms with Gasteiger partial charge in [-0.05, 0) is 35.7 Å². The van der Waals surface area contributed by atoms with Crippen molar-refractivity contribution in [2.45, 2.75) is 18.1 Å². The molecule has 0 unspecified atom stereocenters. The van der Waals surface area contributed by atoms with E-state index in [0.717, 1.165) is 12.0 Å². The highest BCUT2D eigenvalue weighted by Crippen LogP contribution is 2.21. The summed E-state index contributed by atoms with van der Waals surface area (Å²) in [5, 5.41) is 4.44. The molecule has 0 fully saturated rings. The van der Waals surface area contributed by atoms with Crippen LogP contribution in [-0.2, 0) is 17.8 Å². The fourth-order valence-electron chi connectivity index (χ4n) is 3.36. The zero-order valence-electron chi connectivity index (χ0n) is 17.3. The van der Waals surface area contributed by atoms with Crippen molar-refractivity contribution in [3.8, 4) is 0 Å². The highest BCUT2D eigenvalue weighted by Gasteiger charge is 2.14. The summed E-state index contributed by atoms with van der Waals surface area (Å²) < 4.78 is 1.62. The Labute approximate surface area is 195 Å². The molecule has 0 radical (unpaired) electrons. The number of nitrogens with one attached hydrogen (secondary N) is 1. The summed E-state index contributed by atoms with van der Waals surface area (Å²) in [4.78, 5) is 30.3. The molecule has 1 heterocycles. The van der Waals surface area contributed by atoms with Crippen LogP contribution in [0.15, 0.2) is 88.8 Å². The lowest BCUT2D eigenvalue weighted by molar-refractivity contribution is -0.118. The van der Waals surface area contributed by atoms with E-state index < -0.39 is 0 Å². The maximum absolute atomic E-state index is 13.2. The highest BCUT2D eigenvalue weighted by molar-refractivity contribution is 7.99. The molecule has 0 aliphatic carbocycles. The lowest BCUT2D eigenvalue weighted by Gasteiger charge is -2.13. The molecule has 4 aromatic rings. The first-order valence-electron chi connectivity index (χ1n) is 10.3. The largest absolute Gasteiger partial charge is 0.355 e. The van der Waals surface area contributed by atoms with Crippen LogP contribution in [0.2, 0.25) is 5.02 Å². The Kier molecular flexibility index (Phi) is 7.24. The number of fused-ring (bicyclic) bond motifs is 1. The van der Waals surface area contributed by atoms with Gasteiger partial charge in [0.15, 0.2) is 5.16 Å². The number of rotatable bonds is 8. The molecule has 0 saturated heterocycles. The number of carbonyl (C=O) groups excluding carboxylic acids is 1. The zero-order valence-corrected chi connectivity index (χ0v) is 18.9. The predicted molar refractivity (Wildman–Crippen MR) is 130 cm³/mol. The molecule has 1 amide bonds. The van der Waals surface area contributed by atoms with Crippen LogP contribution < -0.4 is 10.9 Å². The van der Waals surface area contributed by atoms with Gasteiger partial charge in [-0.1, -0.05) is 84.0 Å². The van der Waals surface area contributed by atoms with Gasteiger partial charge in [-0.15, -0.1) is 0 Å². The first-order chi connectivity index (χ1) is 15.6. The van der Waals surface area contributed by atoms with Crippen molar-refractivity contribution in [2.75, 3.05) is 12.3 Å². The SMILES string of the molecule is O=C(CSc1nc2cc(Cl)ccc2c(=O)n1Cc1ccccc1)NCCc1ccccc1. The van der Waals surface area contributed by atoms with Crippen LogP contribution in [0.25, 0.3) is 10.9 Å². The second-order valence-electron chi connectivity index (χ2n) is 7.31. The second-order valence-corrected chi connectivity index (χ2v) is 8.69. The molecule has 0 bridgehead atoms. The minimum atomic E-state index is -0.150. The topological polar surface area (TPSA) is 64.0 Å². The van der Waals surface area contributed by atoms with Crippen LogP contribution in [0.1, 0.15) is 11.1 Å². The van der Waals surface area contributed by atoms with Crippen molar-refractivity contribution in [1.29, 1.82) is 0 Å². The quantitative estimate of drug-likeness (QED) is 0.307. The third-order valence-corrected chi connectivity index (χ3v) is 6.19. The number of thioether (sulfide) groups is 1. The Morgan fingerprint density at radius 1 is 0.969 bits per heavy atom. The molecule has 0 aliphatic heterocycles. The van der Waals surface area contributed by atoms with Gasteiger partial charge in [-0.25, -0.2) is 4.98 Å². The average Bonchev–Trinajstić information content (AvgIpc) is 2.81. The third-order valence-electron chi connectivity index (χ3n) is 4.98. The molecule has 4 rings (SSSR count).